The molecule has 0 aromatic carbocycles. The molecule has 1 aliphatic heterocycles. The maximum absolute atomic E-state index is 6.00. The van der Waals surface area contributed by atoms with Crippen LogP contribution >= 0.6 is 11.3 Å². The summed E-state index contributed by atoms with van der Waals surface area (Å²) in [7, 11) is 2.18. The van der Waals surface area contributed by atoms with Crippen LogP contribution < -0.4 is 5.73 Å². The zero-order chi connectivity index (χ0) is 12.5. The molecule has 4 heteroatoms. The molecule has 0 radical (unpaired) electrons. The zero-order valence-electron chi connectivity index (χ0n) is 11.1. The summed E-state index contributed by atoms with van der Waals surface area (Å²) in [5, 5.41) is 3.48. The van der Waals surface area contributed by atoms with Crippen LogP contribution in [-0.2, 0) is 6.42 Å². The molecule has 2 heterocycles. The highest BCUT2D eigenvalue weighted by molar-refractivity contribution is 7.09. The Morgan fingerprint density at radius 2 is 2.35 bits per heavy atom. The third kappa shape index (κ3) is 3.76. The summed E-state index contributed by atoms with van der Waals surface area (Å²) in [4.78, 5) is 7.15. The Morgan fingerprint density at radius 3 is 2.94 bits per heavy atom. The van der Waals surface area contributed by atoms with Gasteiger partial charge in [-0.05, 0) is 40.3 Å². The van der Waals surface area contributed by atoms with Gasteiger partial charge in [-0.15, -0.1) is 11.3 Å². The summed E-state index contributed by atoms with van der Waals surface area (Å²) in [6, 6.07) is 0. The van der Waals surface area contributed by atoms with Crippen LogP contribution in [-0.4, -0.2) is 35.6 Å². The van der Waals surface area contributed by atoms with Crippen LogP contribution in [0.25, 0.3) is 0 Å². The van der Waals surface area contributed by atoms with Gasteiger partial charge in [0.25, 0.3) is 0 Å². The molecule has 0 spiro atoms. The number of aryl methyl sites for hydroxylation is 1. The van der Waals surface area contributed by atoms with Gasteiger partial charge in [-0.3, -0.25) is 0 Å². The molecule has 0 bridgehead atoms. The SMILES string of the molecule is CN1CCC(c2csc(CCC(C)(C)N)n2)C1. The Hall–Kier alpha value is -0.450. The van der Waals surface area contributed by atoms with Gasteiger partial charge >= 0.3 is 0 Å². The molecule has 3 nitrogen and oxygen atoms in total. The number of thiazole rings is 1. The second kappa shape index (κ2) is 5.04. The Balaban J connectivity index is 1.92. The molecular formula is C13H23N3S. The van der Waals surface area contributed by atoms with Crippen LogP contribution in [0.15, 0.2) is 5.38 Å². The van der Waals surface area contributed by atoms with Gasteiger partial charge in [0.05, 0.1) is 10.7 Å². The fraction of sp³-hybridized carbons (Fsp3) is 0.769. The Labute approximate surface area is 108 Å². The van der Waals surface area contributed by atoms with Crippen LogP contribution in [0.4, 0.5) is 0 Å². The monoisotopic (exact) mass is 253 g/mol. The molecule has 0 amide bonds. The standard InChI is InChI=1S/C13H23N3S/c1-13(2,14)6-4-12-15-11(9-17-12)10-5-7-16(3)8-10/h9-10H,4-8,14H2,1-3H3. The topological polar surface area (TPSA) is 42.1 Å². The third-order valence-corrected chi connectivity index (χ3v) is 4.29. The predicted octanol–water partition coefficient (Wildman–Crippen LogP) is 2.23. The van der Waals surface area contributed by atoms with Crippen molar-refractivity contribution in [2.45, 2.75) is 44.6 Å². The largest absolute Gasteiger partial charge is 0.326 e. The van der Waals surface area contributed by atoms with Gasteiger partial charge in [0.1, 0.15) is 0 Å². The van der Waals surface area contributed by atoms with Crippen molar-refractivity contribution in [3.05, 3.63) is 16.1 Å². The number of hydrogen-bond donors (Lipinski definition) is 1. The molecule has 1 unspecified atom stereocenters. The number of hydrogen-bond acceptors (Lipinski definition) is 4. The van der Waals surface area contributed by atoms with Crippen molar-refractivity contribution in [1.82, 2.24) is 9.88 Å². The maximum atomic E-state index is 6.00. The van der Waals surface area contributed by atoms with Gasteiger partial charge in [-0.1, -0.05) is 0 Å². The van der Waals surface area contributed by atoms with Gasteiger partial charge in [0, 0.05) is 29.8 Å². The first kappa shape index (κ1) is 13.0. The van der Waals surface area contributed by atoms with Crippen LogP contribution in [0, 0.1) is 0 Å². The Morgan fingerprint density at radius 1 is 1.59 bits per heavy atom. The summed E-state index contributed by atoms with van der Waals surface area (Å²) < 4.78 is 0. The Kier molecular flexibility index (Phi) is 3.85. The zero-order valence-corrected chi connectivity index (χ0v) is 11.9. The lowest BCUT2D eigenvalue weighted by Gasteiger charge is -2.16. The molecule has 2 rings (SSSR count). The quantitative estimate of drug-likeness (QED) is 0.895. The Bertz CT molecular complexity index is 367. The van der Waals surface area contributed by atoms with E-state index in [2.05, 4.69) is 31.2 Å². The summed E-state index contributed by atoms with van der Waals surface area (Å²) >= 11 is 1.79. The molecule has 96 valence electrons. The van der Waals surface area contributed by atoms with Gasteiger partial charge in [-0.2, -0.15) is 0 Å². The number of nitrogens with zero attached hydrogens (tertiary/aromatic N) is 2. The fourth-order valence-corrected chi connectivity index (χ4v) is 3.11. The number of likely N-dealkylation sites (tertiary alicyclic amines) is 1. The molecule has 1 atom stereocenters. The number of likely N-dealkylation sites (N-methyl/N-ethyl adjacent to an activating group) is 1. The molecule has 17 heavy (non-hydrogen) atoms. The lowest BCUT2D eigenvalue weighted by Crippen LogP contribution is -2.32. The molecule has 1 aliphatic rings. The van der Waals surface area contributed by atoms with Crippen LogP contribution in [0.1, 0.15) is 43.3 Å². The molecule has 1 aromatic heterocycles. The summed E-state index contributed by atoms with van der Waals surface area (Å²) in [5.41, 5.74) is 7.21. The summed E-state index contributed by atoms with van der Waals surface area (Å²) in [5.74, 6) is 0.649. The number of nitrogens with two attached hydrogens (primary N) is 1. The lowest BCUT2D eigenvalue weighted by molar-refractivity contribution is 0.411. The second-order valence-corrected chi connectivity index (χ2v) is 6.85. The van der Waals surface area contributed by atoms with E-state index >= 15 is 0 Å². The van der Waals surface area contributed by atoms with E-state index in [1.807, 2.05) is 0 Å². The van der Waals surface area contributed by atoms with Crippen molar-refractivity contribution >= 4 is 11.3 Å². The van der Waals surface area contributed by atoms with Crippen molar-refractivity contribution in [1.29, 1.82) is 0 Å². The first-order chi connectivity index (χ1) is 7.94. The highest BCUT2D eigenvalue weighted by Crippen LogP contribution is 2.27. The van der Waals surface area contributed by atoms with Crippen LogP contribution in [0.3, 0.4) is 0 Å². The number of rotatable bonds is 4. The van der Waals surface area contributed by atoms with Crippen molar-refractivity contribution in [2.24, 2.45) is 5.73 Å². The molecular weight excluding hydrogens is 230 g/mol. The van der Waals surface area contributed by atoms with Crippen molar-refractivity contribution in [3.8, 4) is 0 Å². The minimum atomic E-state index is -0.0839. The van der Waals surface area contributed by atoms with Crippen molar-refractivity contribution in [3.63, 3.8) is 0 Å². The average Bonchev–Trinajstić information content (AvgIpc) is 2.81. The molecule has 1 aromatic rings. The lowest BCUT2D eigenvalue weighted by atomic mass is 10.0. The van der Waals surface area contributed by atoms with Crippen molar-refractivity contribution < 1.29 is 0 Å². The van der Waals surface area contributed by atoms with E-state index in [1.165, 1.54) is 23.7 Å². The van der Waals surface area contributed by atoms with E-state index < -0.39 is 0 Å². The first-order valence-corrected chi connectivity index (χ1v) is 7.24. The van der Waals surface area contributed by atoms with E-state index in [9.17, 15) is 0 Å². The van der Waals surface area contributed by atoms with Gasteiger partial charge in [-0.25, -0.2) is 4.98 Å². The second-order valence-electron chi connectivity index (χ2n) is 5.90. The molecule has 0 saturated carbocycles. The average molecular weight is 253 g/mol. The van der Waals surface area contributed by atoms with E-state index in [0.717, 1.165) is 19.4 Å². The summed E-state index contributed by atoms with van der Waals surface area (Å²) in [6.45, 7) is 6.51. The van der Waals surface area contributed by atoms with E-state index in [0.29, 0.717) is 5.92 Å². The smallest absolute Gasteiger partial charge is 0.0929 e. The minimum Gasteiger partial charge on any atom is -0.326 e. The van der Waals surface area contributed by atoms with E-state index in [1.54, 1.807) is 11.3 Å². The predicted molar refractivity (Wildman–Crippen MR) is 73.6 cm³/mol. The normalized spacial score (nSPS) is 22.2. The molecule has 1 saturated heterocycles. The maximum Gasteiger partial charge on any atom is 0.0929 e. The van der Waals surface area contributed by atoms with Crippen molar-refractivity contribution in [2.75, 3.05) is 20.1 Å². The summed E-state index contributed by atoms with van der Waals surface area (Å²) in [6.07, 6.45) is 3.27. The highest BCUT2D eigenvalue weighted by atomic mass is 32.1. The fourth-order valence-electron chi connectivity index (χ4n) is 2.23. The highest BCUT2D eigenvalue weighted by Gasteiger charge is 2.23. The van der Waals surface area contributed by atoms with E-state index in [4.69, 9.17) is 10.7 Å². The van der Waals surface area contributed by atoms with Gasteiger partial charge < -0.3 is 10.6 Å². The van der Waals surface area contributed by atoms with Crippen LogP contribution in [0.5, 0.6) is 0 Å². The first-order valence-electron chi connectivity index (χ1n) is 6.36. The third-order valence-electron chi connectivity index (χ3n) is 3.36. The van der Waals surface area contributed by atoms with Gasteiger partial charge in [0.2, 0.25) is 0 Å². The minimum absolute atomic E-state index is 0.0839. The number of aromatic nitrogens is 1. The molecule has 1 fully saturated rings. The molecule has 2 N–H and O–H groups in total. The van der Waals surface area contributed by atoms with Crippen LogP contribution in [0.2, 0.25) is 0 Å². The molecule has 0 aliphatic carbocycles. The van der Waals surface area contributed by atoms with E-state index in [-0.39, 0.29) is 5.54 Å². The van der Waals surface area contributed by atoms with Gasteiger partial charge in [0.15, 0.2) is 0 Å².